The minimum atomic E-state index is 0.180. The number of hydrogen-bond acceptors (Lipinski definition) is 3. The number of benzene rings is 2. The van der Waals surface area contributed by atoms with Gasteiger partial charge in [0.1, 0.15) is 23.9 Å². The first kappa shape index (κ1) is 14.3. The van der Waals surface area contributed by atoms with Crippen molar-refractivity contribution < 1.29 is 14.9 Å². The molecule has 1 heterocycles. The van der Waals surface area contributed by atoms with Gasteiger partial charge in [0, 0.05) is 34.8 Å². The molecule has 4 nitrogen and oxygen atoms in total. The largest absolute Gasteiger partial charge is 0.508 e. The number of fused-ring (bicyclic) bond motifs is 1. The lowest BCUT2D eigenvalue weighted by Crippen LogP contribution is -1.98. The number of phenols is 2. The minimum Gasteiger partial charge on any atom is -0.508 e. The smallest absolute Gasteiger partial charge is 0.123 e. The van der Waals surface area contributed by atoms with Crippen molar-refractivity contribution in [2.24, 2.45) is 0 Å². The van der Waals surface area contributed by atoms with E-state index in [-0.39, 0.29) is 11.5 Å². The van der Waals surface area contributed by atoms with Gasteiger partial charge in [-0.3, -0.25) is 0 Å². The van der Waals surface area contributed by atoms with Crippen LogP contribution in [-0.4, -0.2) is 14.8 Å². The molecular formula is C18H19NO3. The number of rotatable bonds is 4. The topological polar surface area (TPSA) is 54.6 Å². The molecule has 22 heavy (non-hydrogen) atoms. The molecule has 0 saturated carbocycles. The van der Waals surface area contributed by atoms with Gasteiger partial charge in [-0.15, -0.1) is 0 Å². The second kappa shape index (κ2) is 5.64. The Kier molecular flexibility index (Phi) is 3.67. The zero-order valence-electron chi connectivity index (χ0n) is 12.7. The van der Waals surface area contributed by atoms with Crippen molar-refractivity contribution in [1.29, 1.82) is 0 Å². The van der Waals surface area contributed by atoms with Crippen molar-refractivity contribution in [3.8, 4) is 17.2 Å². The fourth-order valence-electron chi connectivity index (χ4n) is 2.59. The Balaban J connectivity index is 1.94. The number of phenolic OH excluding ortho intramolecular Hbond substituents is 2. The molecule has 0 unspecified atom stereocenters. The van der Waals surface area contributed by atoms with Crippen LogP contribution >= 0.6 is 0 Å². The summed E-state index contributed by atoms with van der Waals surface area (Å²) in [5, 5.41) is 20.2. The molecule has 0 saturated heterocycles. The van der Waals surface area contributed by atoms with Gasteiger partial charge in [0.2, 0.25) is 0 Å². The fraction of sp³-hybridized carbons (Fsp3) is 0.222. The predicted octanol–water partition coefficient (Wildman–Crippen LogP) is 4.21. The SMILES string of the molecule is CC(C)n1cc(COc2cccc(O)c2)c2cc(O)ccc21. The molecular weight excluding hydrogens is 278 g/mol. The molecule has 2 N–H and O–H groups in total. The van der Waals surface area contributed by atoms with Crippen LogP contribution in [0.1, 0.15) is 25.5 Å². The molecule has 0 radical (unpaired) electrons. The highest BCUT2D eigenvalue weighted by Crippen LogP contribution is 2.29. The lowest BCUT2D eigenvalue weighted by molar-refractivity contribution is 0.305. The van der Waals surface area contributed by atoms with Crippen LogP contribution < -0.4 is 4.74 Å². The quantitative estimate of drug-likeness (QED) is 0.758. The normalized spacial score (nSPS) is 11.2. The summed E-state index contributed by atoms with van der Waals surface area (Å²) in [5.41, 5.74) is 2.07. The molecule has 114 valence electrons. The number of nitrogens with zero attached hydrogens (tertiary/aromatic N) is 1. The van der Waals surface area contributed by atoms with E-state index in [9.17, 15) is 10.2 Å². The van der Waals surface area contributed by atoms with Crippen LogP contribution in [0.3, 0.4) is 0 Å². The summed E-state index contributed by atoms with van der Waals surface area (Å²) in [4.78, 5) is 0. The molecule has 0 aliphatic heterocycles. The van der Waals surface area contributed by atoms with E-state index in [1.165, 1.54) is 0 Å². The molecule has 0 aliphatic carbocycles. The molecule has 4 heteroatoms. The highest BCUT2D eigenvalue weighted by atomic mass is 16.5. The summed E-state index contributed by atoms with van der Waals surface area (Å²) in [7, 11) is 0. The second-order valence-corrected chi connectivity index (χ2v) is 5.64. The maximum absolute atomic E-state index is 9.74. The van der Waals surface area contributed by atoms with Gasteiger partial charge in [0.05, 0.1) is 0 Å². The first-order valence-electron chi connectivity index (χ1n) is 7.29. The zero-order chi connectivity index (χ0) is 15.7. The van der Waals surface area contributed by atoms with Gasteiger partial charge in [0.15, 0.2) is 0 Å². The Hall–Kier alpha value is -2.62. The average Bonchev–Trinajstić information content (AvgIpc) is 2.83. The lowest BCUT2D eigenvalue weighted by atomic mass is 10.2. The Labute approximate surface area is 129 Å². The summed E-state index contributed by atoms with van der Waals surface area (Å²) in [6.45, 7) is 4.61. The molecule has 2 aromatic carbocycles. The van der Waals surface area contributed by atoms with Gasteiger partial charge in [-0.05, 0) is 44.2 Å². The monoisotopic (exact) mass is 297 g/mol. The molecule has 0 aliphatic rings. The van der Waals surface area contributed by atoms with Crippen molar-refractivity contribution in [3.63, 3.8) is 0 Å². The molecule has 0 atom stereocenters. The number of hydrogen-bond donors (Lipinski definition) is 2. The van der Waals surface area contributed by atoms with E-state index in [1.807, 2.05) is 6.07 Å². The third kappa shape index (κ3) is 2.72. The standard InChI is InChI=1S/C18H19NO3/c1-12(2)19-10-13(17-9-15(21)6-7-18(17)19)11-22-16-5-3-4-14(20)8-16/h3-10,12,20-21H,11H2,1-2H3. The summed E-state index contributed by atoms with van der Waals surface area (Å²) in [6, 6.07) is 12.4. The highest BCUT2D eigenvalue weighted by molar-refractivity contribution is 5.85. The van der Waals surface area contributed by atoms with E-state index in [0.717, 1.165) is 16.5 Å². The first-order valence-corrected chi connectivity index (χ1v) is 7.29. The van der Waals surface area contributed by atoms with Crippen LogP contribution in [0, 0.1) is 0 Å². The van der Waals surface area contributed by atoms with E-state index < -0.39 is 0 Å². The van der Waals surface area contributed by atoms with Gasteiger partial charge in [-0.25, -0.2) is 0 Å². The van der Waals surface area contributed by atoms with Crippen molar-refractivity contribution >= 4 is 10.9 Å². The summed E-state index contributed by atoms with van der Waals surface area (Å²) >= 11 is 0. The molecule has 0 amide bonds. The van der Waals surface area contributed by atoms with Crippen LogP contribution in [0.15, 0.2) is 48.7 Å². The maximum atomic E-state index is 9.74. The van der Waals surface area contributed by atoms with Crippen LogP contribution in [0.25, 0.3) is 10.9 Å². The Morgan fingerprint density at radius 3 is 2.55 bits per heavy atom. The van der Waals surface area contributed by atoms with Gasteiger partial charge < -0.3 is 19.5 Å². The summed E-state index contributed by atoms with van der Waals surface area (Å²) in [5.74, 6) is 1.04. The van der Waals surface area contributed by atoms with Crippen molar-refractivity contribution in [3.05, 3.63) is 54.2 Å². The second-order valence-electron chi connectivity index (χ2n) is 5.64. The van der Waals surface area contributed by atoms with Crippen LogP contribution in [-0.2, 0) is 6.61 Å². The van der Waals surface area contributed by atoms with Gasteiger partial charge in [-0.2, -0.15) is 0 Å². The van der Waals surface area contributed by atoms with Gasteiger partial charge >= 0.3 is 0 Å². The number of ether oxygens (including phenoxy) is 1. The van der Waals surface area contributed by atoms with E-state index in [4.69, 9.17) is 4.74 Å². The highest BCUT2D eigenvalue weighted by Gasteiger charge is 2.12. The van der Waals surface area contributed by atoms with Crippen LogP contribution in [0.2, 0.25) is 0 Å². The van der Waals surface area contributed by atoms with Crippen molar-refractivity contribution in [2.45, 2.75) is 26.5 Å². The number of aromatic hydroxyl groups is 2. The fourth-order valence-corrected chi connectivity index (χ4v) is 2.59. The molecule has 3 rings (SSSR count). The summed E-state index contributed by atoms with van der Waals surface area (Å²) < 4.78 is 7.92. The van der Waals surface area contributed by atoms with Gasteiger partial charge in [-0.1, -0.05) is 6.07 Å². The van der Waals surface area contributed by atoms with E-state index in [1.54, 1.807) is 36.4 Å². The number of aromatic nitrogens is 1. The molecule has 0 bridgehead atoms. The Bertz CT molecular complexity index is 805. The van der Waals surface area contributed by atoms with Gasteiger partial charge in [0.25, 0.3) is 0 Å². The minimum absolute atomic E-state index is 0.180. The van der Waals surface area contributed by atoms with E-state index in [2.05, 4.69) is 24.6 Å². The first-order chi connectivity index (χ1) is 10.5. The zero-order valence-corrected chi connectivity index (χ0v) is 12.7. The third-order valence-electron chi connectivity index (χ3n) is 3.67. The summed E-state index contributed by atoms with van der Waals surface area (Å²) in [6.07, 6.45) is 2.05. The maximum Gasteiger partial charge on any atom is 0.123 e. The molecule has 1 aromatic heterocycles. The Morgan fingerprint density at radius 1 is 1.05 bits per heavy atom. The molecule has 3 aromatic rings. The van der Waals surface area contributed by atoms with Crippen LogP contribution in [0.4, 0.5) is 0 Å². The van der Waals surface area contributed by atoms with Crippen molar-refractivity contribution in [1.82, 2.24) is 4.57 Å². The lowest BCUT2D eigenvalue weighted by Gasteiger charge is -2.08. The molecule has 0 fully saturated rings. The van der Waals surface area contributed by atoms with E-state index >= 15 is 0 Å². The van der Waals surface area contributed by atoms with Crippen molar-refractivity contribution in [2.75, 3.05) is 0 Å². The molecule has 0 spiro atoms. The predicted molar refractivity (Wildman–Crippen MR) is 86.4 cm³/mol. The third-order valence-corrected chi connectivity index (χ3v) is 3.67. The Morgan fingerprint density at radius 2 is 1.82 bits per heavy atom. The van der Waals surface area contributed by atoms with Crippen LogP contribution in [0.5, 0.6) is 17.2 Å². The van der Waals surface area contributed by atoms with E-state index in [0.29, 0.717) is 18.4 Å². The average molecular weight is 297 g/mol.